The number of aliphatic hydroxyl groups is 7. The van der Waals surface area contributed by atoms with Gasteiger partial charge in [-0.05, 0) is 127 Å². The molecule has 5 aliphatic heterocycles. The summed E-state index contributed by atoms with van der Waals surface area (Å²) in [5.74, 6) is -1.93. The van der Waals surface area contributed by atoms with Gasteiger partial charge in [0.05, 0.1) is 78.1 Å². The lowest BCUT2D eigenvalue weighted by atomic mass is 9.40. The van der Waals surface area contributed by atoms with Crippen molar-refractivity contribution in [3.05, 3.63) is 72.1 Å². The average Bonchev–Trinajstić information content (AvgIpc) is 1.38. The van der Waals surface area contributed by atoms with Crippen molar-refractivity contribution in [3.8, 4) is 0 Å². The van der Waals surface area contributed by atoms with E-state index in [9.17, 15) is 45.3 Å². The van der Waals surface area contributed by atoms with Crippen molar-refractivity contribution in [2.24, 2.45) is 22.7 Å². The van der Waals surface area contributed by atoms with E-state index in [-0.39, 0.29) is 49.7 Å². The quantitative estimate of drug-likeness (QED) is 0.0523. The number of esters is 2. The topological polar surface area (TPSA) is 336 Å². The minimum atomic E-state index is -1.98. The highest BCUT2D eigenvalue weighted by atomic mass is 16.8. The molecule has 26 heteroatoms. The van der Waals surface area contributed by atoms with Crippen molar-refractivity contribution >= 4 is 18.0 Å². The first-order valence-corrected chi connectivity index (χ1v) is 34.3. The molecule has 26 nitrogen and oxygen atoms in total. The molecule has 7 N–H and O–H groups in total. The predicted octanol–water partition coefficient (Wildman–Crippen LogP) is 4.19. The standard InChI is InChI=1S/C70H103NO25/c1-36-60(93-54-30-46(82-9)61(37(2)86-54)94-55-31-47(83-10)62(38(3)87-55)95-56-32-48(84-11)63(39(4)88-56)96-65-59(76)58(75)57(74)49(35-72)91-65)45(81-8)29-53(85-36)90-44-22-23-66(6)43(28-44)21-24-69(79)50(66)33-51(92-52(73)20-19-41-16-13-12-14-17-41)67(7)68(78,25-26-70(67,69)80)40(5)89-64(77)42-18-15-27-71-34-42/h12-20,27,34,36-40,43-51,53-63,65,72,74-76,78-80H,21-26,28-33,35H2,1-11H3/b20-19+/t36-,37-,38-,39-,40+,43+,44-,45-,46-,47-,48-,49+,50-,51-,53+,54+,55+,56+,57+,58-,59+,60-,61-,62-,63-,65-,66-,67-,68+,69+,70+/m1/s1. The summed E-state index contributed by atoms with van der Waals surface area (Å²) in [5.41, 5.74) is -6.96. The molecule has 6 heterocycles. The second-order valence-corrected chi connectivity index (χ2v) is 28.7. The molecule has 9 fully saturated rings. The van der Waals surface area contributed by atoms with Crippen molar-refractivity contribution < 1.29 is 121 Å². The van der Waals surface area contributed by atoms with Crippen LogP contribution in [-0.2, 0) is 80.6 Å². The van der Waals surface area contributed by atoms with Crippen LogP contribution < -0.4 is 0 Å². The van der Waals surface area contributed by atoms with Gasteiger partial charge in [0.2, 0.25) is 0 Å². The summed E-state index contributed by atoms with van der Waals surface area (Å²) < 4.78 is 101. The monoisotopic (exact) mass is 1360 g/mol. The fourth-order valence-electron chi connectivity index (χ4n) is 18.0. The number of hydrogen-bond acceptors (Lipinski definition) is 26. The van der Waals surface area contributed by atoms with Crippen LogP contribution in [0.3, 0.4) is 0 Å². The Kier molecular flexibility index (Phi) is 23.0. The number of fused-ring (bicyclic) bond motifs is 5. The Balaban J connectivity index is 0.687. The number of rotatable bonds is 21. The van der Waals surface area contributed by atoms with E-state index in [1.54, 1.807) is 60.3 Å². The second kappa shape index (κ2) is 30.0. The van der Waals surface area contributed by atoms with Crippen LogP contribution in [0.25, 0.3) is 6.08 Å². The van der Waals surface area contributed by atoms with Crippen LogP contribution in [-0.4, -0.2) is 252 Å². The Morgan fingerprint density at radius 2 is 1.16 bits per heavy atom. The number of methoxy groups -OCH3 is 4. The summed E-state index contributed by atoms with van der Waals surface area (Å²) in [7, 11) is 6.36. The molecule has 96 heavy (non-hydrogen) atoms. The third-order valence-electron chi connectivity index (χ3n) is 23.6. The largest absolute Gasteiger partial charge is 0.458 e. The molecule has 1 aromatic heterocycles. The van der Waals surface area contributed by atoms with E-state index >= 15 is 0 Å². The van der Waals surface area contributed by atoms with Gasteiger partial charge in [0, 0.05) is 72.6 Å². The molecule has 9 aliphatic rings. The molecule has 538 valence electrons. The van der Waals surface area contributed by atoms with Gasteiger partial charge in [-0.1, -0.05) is 44.2 Å². The summed E-state index contributed by atoms with van der Waals surface area (Å²) in [4.78, 5) is 31.6. The lowest BCUT2D eigenvalue weighted by Crippen LogP contribution is -2.79. The average molecular weight is 1360 g/mol. The summed E-state index contributed by atoms with van der Waals surface area (Å²) >= 11 is 0. The molecule has 1 aromatic carbocycles. The van der Waals surface area contributed by atoms with Crippen molar-refractivity contribution in [3.63, 3.8) is 0 Å². The van der Waals surface area contributed by atoms with E-state index in [2.05, 4.69) is 11.9 Å². The molecule has 0 bridgehead atoms. The molecule has 31 atom stereocenters. The summed E-state index contributed by atoms with van der Waals surface area (Å²) in [5, 5.41) is 81.0. The number of hydrogen-bond donors (Lipinski definition) is 7. The lowest BCUT2D eigenvalue weighted by molar-refractivity contribution is -0.359. The highest BCUT2D eigenvalue weighted by molar-refractivity contribution is 5.89. The van der Waals surface area contributed by atoms with E-state index in [1.165, 1.54) is 25.6 Å². The summed E-state index contributed by atoms with van der Waals surface area (Å²) in [6.07, 6.45) is -9.62. The van der Waals surface area contributed by atoms with E-state index in [1.807, 2.05) is 51.1 Å². The van der Waals surface area contributed by atoms with Crippen LogP contribution in [0.1, 0.15) is 141 Å². The molecule has 0 spiro atoms. The maximum absolute atomic E-state index is 14.0. The number of carbonyl (C=O) groups excluding carboxylic acids is 2. The molecule has 11 rings (SSSR count). The molecule has 0 radical (unpaired) electrons. The minimum Gasteiger partial charge on any atom is -0.458 e. The Morgan fingerprint density at radius 1 is 0.625 bits per heavy atom. The van der Waals surface area contributed by atoms with Crippen molar-refractivity contribution in [1.82, 2.24) is 4.98 Å². The zero-order chi connectivity index (χ0) is 68.8. The van der Waals surface area contributed by atoms with Crippen LogP contribution in [0.2, 0.25) is 0 Å². The number of carbonyl (C=O) groups is 2. The molecule has 0 amide bonds. The van der Waals surface area contributed by atoms with Crippen LogP contribution in [0.5, 0.6) is 0 Å². The van der Waals surface area contributed by atoms with Crippen LogP contribution >= 0.6 is 0 Å². The fraction of sp³-hybridized carbons (Fsp3) is 0.786. The Morgan fingerprint density at radius 3 is 1.67 bits per heavy atom. The van der Waals surface area contributed by atoms with Crippen LogP contribution in [0, 0.1) is 22.7 Å². The number of benzene rings is 1. The first kappa shape index (κ1) is 73.4. The number of ether oxygens (including phenoxy) is 16. The Bertz CT molecular complexity index is 2920. The highest BCUT2D eigenvalue weighted by Crippen LogP contribution is 2.72. The number of nitrogens with zero attached hydrogens (tertiary/aromatic N) is 1. The lowest BCUT2D eigenvalue weighted by Gasteiger charge is -2.69. The van der Waals surface area contributed by atoms with E-state index in [4.69, 9.17) is 75.8 Å². The summed E-state index contributed by atoms with van der Waals surface area (Å²) in [6.45, 7) is 12.3. The van der Waals surface area contributed by atoms with Gasteiger partial charge < -0.3 is 112 Å². The maximum atomic E-state index is 14.0. The highest BCUT2D eigenvalue weighted by Gasteiger charge is 2.82. The molecule has 2 aromatic rings. The summed E-state index contributed by atoms with van der Waals surface area (Å²) in [6, 6.07) is 12.5. The van der Waals surface area contributed by atoms with Gasteiger partial charge >= 0.3 is 11.9 Å². The van der Waals surface area contributed by atoms with Gasteiger partial charge in [0.25, 0.3) is 0 Å². The fourth-order valence-corrected chi connectivity index (χ4v) is 18.0. The first-order chi connectivity index (χ1) is 45.8. The van der Waals surface area contributed by atoms with Gasteiger partial charge in [-0.2, -0.15) is 0 Å². The zero-order valence-electron chi connectivity index (χ0n) is 57.0. The van der Waals surface area contributed by atoms with Gasteiger partial charge in [0.15, 0.2) is 31.5 Å². The normalized spacial score (nSPS) is 46.9. The van der Waals surface area contributed by atoms with Crippen molar-refractivity contribution in [2.75, 3.05) is 35.0 Å². The SMILES string of the molecule is CO[C@@H]1C[C@H](O[C@@H]2CC[C@]3(C)[C@@H](CC[C@]4(O)[C@@H]3C[C@@H](OC(=O)/C=C/c3ccccc3)[C@@]3(C)[C@@]4(O)CC[C@]3(O)[C@H](C)OC(=O)c3cccnc3)C2)O[C@H](C)[C@H]1O[C@H]1C[C@@H](OC)[C@H](O[C@H]2C[C@@H](OC)[C@H](O[C@H]3C[C@@H](OC)[C@H](O[C@H]4O[C@@H](CO)[C@H](O)[C@@H](O)[C@@H]4O)[C@@H](C)O3)[C@@H](C)O2)[C@@H](C)O1. The Hall–Kier alpha value is -3.79. The zero-order valence-corrected chi connectivity index (χ0v) is 57.0. The van der Waals surface area contributed by atoms with Crippen molar-refractivity contribution in [2.45, 2.75) is 290 Å². The van der Waals surface area contributed by atoms with Crippen LogP contribution in [0.15, 0.2) is 60.9 Å². The molecule has 4 saturated carbocycles. The molecule has 0 unspecified atom stereocenters. The number of aliphatic hydroxyl groups excluding tert-OH is 4. The molecule has 4 aliphatic carbocycles. The second-order valence-electron chi connectivity index (χ2n) is 28.7. The number of aromatic nitrogens is 1. The van der Waals surface area contributed by atoms with Crippen LogP contribution in [0.4, 0.5) is 0 Å². The predicted molar refractivity (Wildman–Crippen MR) is 337 cm³/mol. The maximum Gasteiger partial charge on any atom is 0.340 e. The van der Waals surface area contributed by atoms with E-state index in [0.29, 0.717) is 44.9 Å². The van der Waals surface area contributed by atoms with Crippen molar-refractivity contribution in [1.29, 1.82) is 0 Å². The van der Waals surface area contributed by atoms with Gasteiger partial charge in [-0.15, -0.1) is 0 Å². The number of pyridine rings is 1. The van der Waals surface area contributed by atoms with E-state index in [0.717, 1.165) is 5.56 Å². The smallest absolute Gasteiger partial charge is 0.340 e. The van der Waals surface area contributed by atoms with E-state index < -0.39 is 193 Å². The Labute approximate surface area is 561 Å². The third-order valence-corrected chi connectivity index (χ3v) is 23.6. The molecular weight excluding hydrogens is 1250 g/mol. The van der Waals surface area contributed by atoms with Gasteiger partial charge in [0.1, 0.15) is 72.2 Å². The third kappa shape index (κ3) is 13.9. The van der Waals surface area contributed by atoms with Gasteiger partial charge in [-0.25, -0.2) is 9.59 Å². The first-order valence-electron chi connectivity index (χ1n) is 34.3. The van der Waals surface area contributed by atoms with Gasteiger partial charge in [-0.3, -0.25) is 4.98 Å². The minimum absolute atomic E-state index is 0.0264. The molecule has 5 saturated heterocycles. The molecular formula is C70H103NO25.